The normalized spacial score (nSPS) is 21.1. The summed E-state index contributed by atoms with van der Waals surface area (Å²) in [5.41, 5.74) is 3.98. The Hall–Kier alpha value is -0.820. The van der Waals surface area contributed by atoms with Gasteiger partial charge < -0.3 is 15.7 Å². The molecule has 0 saturated heterocycles. The third-order valence-electron chi connectivity index (χ3n) is 4.33. The van der Waals surface area contributed by atoms with Crippen molar-refractivity contribution < 1.29 is 5.11 Å². The van der Waals surface area contributed by atoms with Crippen LogP contribution in [0.2, 0.25) is 0 Å². The number of hydrogen-bond donors (Lipinski definition) is 3. The number of halogens is 1. The minimum atomic E-state index is -0.114. The molecular weight excluding hydrogens is 413 g/mol. The van der Waals surface area contributed by atoms with Gasteiger partial charge in [-0.15, -0.1) is 24.0 Å². The van der Waals surface area contributed by atoms with Crippen molar-refractivity contribution in [3.05, 3.63) is 34.9 Å². The molecule has 1 aliphatic rings. The van der Waals surface area contributed by atoms with Crippen molar-refractivity contribution in [1.82, 2.24) is 10.6 Å². The lowest BCUT2D eigenvalue weighted by Gasteiger charge is -2.27. The van der Waals surface area contributed by atoms with E-state index in [1.807, 2.05) is 0 Å². The molecule has 2 rings (SSSR count). The Balaban J connectivity index is 0.00000288. The first kappa shape index (κ1) is 21.2. The average molecular weight is 445 g/mol. The molecule has 0 bridgehead atoms. The van der Waals surface area contributed by atoms with Crippen LogP contribution in [0.3, 0.4) is 0 Å². The molecule has 0 aliphatic heterocycles. The van der Waals surface area contributed by atoms with Crippen LogP contribution in [0, 0.1) is 13.8 Å². The molecule has 136 valence electrons. The zero-order chi connectivity index (χ0) is 16.7. The molecular formula is C19H32IN3O. The van der Waals surface area contributed by atoms with E-state index < -0.39 is 0 Å². The summed E-state index contributed by atoms with van der Waals surface area (Å²) in [5.74, 6) is 0.901. The minimum Gasteiger partial charge on any atom is -0.393 e. The van der Waals surface area contributed by atoms with E-state index in [0.29, 0.717) is 6.04 Å². The van der Waals surface area contributed by atoms with E-state index in [2.05, 4.69) is 49.6 Å². The Kier molecular flexibility index (Phi) is 9.66. The Morgan fingerprint density at radius 2 is 1.75 bits per heavy atom. The average Bonchev–Trinajstić information content (AvgIpc) is 2.49. The first-order valence-electron chi connectivity index (χ1n) is 8.87. The highest BCUT2D eigenvalue weighted by Gasteiger charge is 2.19. The van der Waals surface area contributed by atoms with Gasteiger partial charge in [-0.1, -0.05) is 29.3 Å². The highest BCUT2D eigenvalue weighted by Crippen LogP contribution is 2.18. The van der Waals surface area contributed by atoms with E-state index in [0.717, 1.165) is 51.2 Å². The molecule has 1 aliphatic carbocycles. The fraction of sp³-hybridized carbons (Fsp3) is 0.632. The monoisotopic (exact) mass is 445 g/mol. The van der Waals surface area contributed by atoms with Crippen LogP contribution in [0.15, 0.2) is 23.2 Å². The Morgan fingerprint density at radius 1 is 1.12 bits per heavy atom. The molecule has 3 N–H and O–H groups in total. The quantitative estimate of drug-likeness (QED) is 0.370. The van der Waals surface area contributed by atoms with Crippen molar-refractivity contribution in [2.24, 2.45) is 4.99 Å². The predicted molar refractivity (Wildman–Crippen MR) is 112 cm³/mol. The van der Waals surface area contributed by atoms with E-state index in [1.165, 1.54) is 16.7 Å². The van der Waals surface area contributed by atoms with Gasteiger partial charge in [-0.25, -0.2) is 0 Å². The molecule has 0 amide bonds. The highest BCUT2D eigenvalue weighted by molar-refractivity contribution is 14.0. The van der Waals surface area contributed by atoms with E-state index in [1.54, 1.807) is 0 Å². The number of hydrogen-bond acceptors (Lipinski definition) is 2. The maximum atomic E-state index is 9.60. The van der Waals surface area contributed by atoms with Crippen molar-refractivity contribution in [3.8, 4) is 0 Å². The number of guanidine groups is 1. The molecule has 24 heavy (non-hydrogen) atoms. The van der Waals surface area contributed by atoms with Gasteiger partial charge in [0.15, 0.2) is 5.96 Å². The van der Waals surface area contributed by atoms with Crippen molar-refractivity contribution in [1.29, 1.82) is 0 Å². The van der Waals surface area contributed by atoms with E-state index >= 15 is 0 Å². The predicted octanol–water partition coefficient (Wildman–Crippen LogP) is 3.32. The maximum absolute atomic E-state index is 9.60. The summed E-state index contributed by atoms with van der Waals surface area (Å²) in [6, 6.07) is 7.12. The van der Waals surface area contributed by atoms with Gasteiger partial charge in [-0.2, -0.15) is 0 Å². The number of benzene rings is 1. The molecule has 4 nitrogen and oxygen atoms in total. The summed E-state index contributed by atoms with van der Waals surface area (Å²) >= 11 is 0. The Bertz CT molecular complexity index is 505. The molecule has 1 fully saturated rings. The number of aliphatic hydroxyl groups is 1. The van der Waals surface area contributed by atoms with Gasteiger partial charge in [0.2, 0.25) is 0 Å². The molecule has 0 atom stereocenters. The van der Waals surface area contributed by atoms with Gasteiger partial charge in [-0.3, -0.25) is 4.99 Å². The van der Waals surface area contributed by atoms with E-state index in [9.17, 15) is 5.11 Å². The minimum absolute atomic E-state index is 0. The van der Waals surface area contributed by atoms with Gasteiger partial charge in [-0.05, 0) is 58.4 Å². The van der Waals surface area contributed by atoms with Crippen LogP contribution in [-0.2, 0) is 6.42 Å². The van der Waals surface area contributed by atoms with Crippen molar-refractivity contribution in [3.63, 3.8) is 0 Å². The number of rotatable bonds is 5. The van der Waals surface area contributed by atoms with Crippen LogP contribution in [0.1, 0.15) is 49.3 Å². The van der Waals surface area contributed by atoms with Crippen LogP contribution in [-0.4, -0.2) is 36.3 Å². The number of nitrogens with one attached hydrogen (secondary N) is 2. The second-order valence-electron chi connectivity index (χ2n) is 6.66. The van der Waals surface area contributed by atoms with Gasteiger partial charge in [0.25, 0.3) is 0 Å². The molecule has 1 saturated carbocycles. The summed E-state index contributed by atoms with van der Waals surface area (Å²) < 4.78 is 0. The van der Waals surface area contributed by atoms with Crippen LogP contribution in [0.5, 0.6) is 0 Å². The number of aliphatic hydroxyl groups excluding tert-OH is 1. The van der Waals surface area contributed by atoms with Crippen LogP contribution in [0.25, 0.3) is 0 Å². The summed E-state index contributed by atoms with van der Waals surface area (Å²) in [6.07, 6.45) is 4.66. The molecule has 1 aromatic carbocycles. The van der Waals surface area contributed by atoms with Gasteiger partial charge >= 0.3 is 0 Å². The third-order valence-corrected chi connectivity index (χ3v) is 4.33. The number of aliphatic imine (C=N–C) groups is 1. The van der Waals surface area contributed by atoms with Crippen LogP contribution >= 0.6 is 24.0 Å². The largest absolute Gasteiger partial charge is 0.393 e. The smallest absolute Gasteiger partial charge is 0.191 e. The van der Waals surface area contributed by atoms with Crippen LogP contribution < -0.4 is 10.6 Å². The first-order valence-corrected chi connectivity index (χ1v) is 8.87. The summed E-state index contributed by atoms with van der Waals surface area (Å²) in [6.45, 7) is 8.02. The lowest BCUT2D eigenvalue weighted by atomic mass is 9.93. The standard InChI is InChI=1S/C19H31N3O.HI/c1-4-20-19(22-17-5-7-18(23)8-6-17)21-10-9-16-12-14(2)11-15(3)13-16;/h11-13,17-18,23H,4-10H2,1-3H3,(H2,20,21,22);1H. The number of aryl methyl sites for hydroxylation is 2. The molecule has 0 heterocycles. The highest BCUT2D eigenvalue weighted by atomic mass is 127. The second-order valence-corrected chi connectivity index (χ2v) is 6.66. The van der Waals surface area contributed by atoms with Gasteiger partial charge in [0.05, 0.1) is 6.10 Å². The fourth-order valence-corrected chi connectivity index (χ4v) is 3.24. The van der Waals surface area contributed by atoms with E-state index in [-0.39, 0.29) is 30.1 Å². The summed E-state index contributed by atoms with van der Waals surface area (Å²) in [7, 11) is 0. The topological polar surface area (TPSA) is 56.7 Å². The maximum Gasteiger partial charge on any atom is 0.191 e. The third kappa shape index (κ3) is 7.38. The molecule has 0 unspecified atom stereocenters. The summed E-state index contributed by atoms with van der Waals surface area (Å²) in [4.78, 5) is 4.71. The Morgan fingerprint density at radius 3 is 2.33 bits per heavy atom. The van der Waals surface area contributed by atoms with Crippen molar-refractivity contribution in [2.45, 2.75) is 65.0 Å². The molecule has 0 radical (unpaired) electrons. The SMILES string of the molecule is CCNC(=NCCc1cc(C)cc(C)c1)NC1CCC(O)CC1.I. The molecule has 0 aromatic heterocycles. The molecule has 0 spiro atoms. The lowest BCUT2D eigenvalue weighted by molar-refractivity contribution is 0.120. The zero-order valence-corrected chi connectivity index (χ0v) is 17.5. The Labute approximate surface area is 163 Å². The second kappa shape index (κ2) is 10.9. The van der Waals surface area contributed by atoms with Crippen molar-refractivity contribution in [2.75, 3.05) is 13.1 Å². The van der Waals surface area contributed by atoms with Gasteiger partial charge in [0.1, 0.15) is 0 Å². The van der Waals surface area contributed by atoms with Crippen LogP contribution in [0.4, 0.5) is 0 Å². The fourth-order valence-electron chi connectivity index (χ4n) is 3.24. The summed E-state index contributed by atoms with van der Waals surface area (Å²) in [5, 5.41) is 16.4. The van der Waals surface area contributed by atoms with Gasteiger partial charge in [0, 0.05) is 19.1 Å². The lowest BCUT2D eigenvalue weighted by Crippen LogP contribution is -2.45. The van der Waals surface area contributed by atoms with Crippen molar-refractivity contribution >= 4 is 29.9 Å². The first-order chi connectivity index (χ1) is 11.1. The van der Waals surface area contributed by atoms with E-state index in [4.69, 9.17) is 4.99 Å². The zero-order valence-electron chi connectivity index (χ0n) is 15.1. The molecule has 5 heteroatoms. The number of nitrogens with zero attached hydrogens (tertiary/aromatic N) is 1. The molecule has 1 aromatic rings.